The van der Waals surface area contributed by atoms with Crippen LogP contribution in [0.15, 0.2) is 83.3 Å². The maximum atomic E-state index is 13.2. The lowest BCUT2D eigenvalue weighted by atomic mass is 9.95. The second-order valence-electron chi connectivity index (χ2n) is 7.85. The number of hydrogen-bond donors (Lipinski definition) is 2. The van der Waals surface area contributed by atoms with Gasteiger partial charge in [-0.15, -0.1) is 0 Å². The SMILES string of the molecule is COc1ccc(C2/C(=C(\O)c3ccc(C)cc3)C(=O)C(=O)N2c2ccc(S(N)(=O)=O)cc2)cc1. The molecule has 0 saturated carbocycles. The van der Waals surface area contributed by atoms with E-state index in [0.29, 0.717) is 16.9 Å². The minimum absolute atomic E-state index is 0.0745. The topological polar surface area (TPSA) is 127 Å². The molecular formula is C25H22N2O6S. The summed E-state index contributed by atoms with van der Waals surface area (Å²) in [6.07, 6.45) is 0. The predicted octanol–water partition coefficient (Wildman–Crippen LogP) is 3.28. The van der Waals surface area contributed by atoms with Crippen molar-refractivity contribution in [2.75, 3.05) is 12.0 Å². The molecule has 1 unspecified atom stereocenters. The van der Waals surface area contributed by atoms with Crippen LogP contribution < -0.4 is 14.8 Å². The fourth-order valence-corrected chi connectivity index (χ4v) is 4.38. The van der Waals surface area contributed by atoms with E-state index >= 15 is 0 Å². The Morgan fingerprint density at radius 1 is 0.941 bits per heavy atom. The van der Waals surface area contributed by atoms with Crippen molar-refractivity contribution >= 4 is 33.2 Å². The van der Waals surface area contributed by atoms with Crippen molar-refractivity contribution in [2.24, 2.45) is 5.14 Å². The Hall–Kier alpha value is -3.95. The molecule has 0 spiro atoms. The summed E-state index contributed by atoms with van der Waals surface area (Å²) in [5.74, 6) is -1.42. The largest absolute Gasteiger partial charge is 0.507 e. The van der Waals surface area contributed by atoms with Gasteiger partial charge in [-0.05, 0) is 48.9 Å². The Morgan fingerprint density at radius 3 is 2.06 bits per heavy atom. The molecule has 3 N–H and O–H groups in total. The molecule has 9 heteroatoms. The quantitative estimate of drug-likeness (QED) is 0.329. The summed E-state index contributed by atoms with van der Waals surface area (Å²) in [7, 11) is -2.42. The van der Waals surface area contributed by atoms with Crippen molar-refractivity contribution in [3.8, 4) is 5.75 Å². The highest BCUT2D eigenvalue weighted by Crippen LogP contribution is 2.42. The number of rotatable bonds is 5. The Labute approximate surface area is 196 Å². The number of ether oxygens (including phenoxy) is 1. The molecule has 1 atom stereocenters. The number of carbonyl (C=O) groups excluding carboxylic acids is 2. The van der Waals surface area contributed by atoms with Gasteiger partial charge in [0.1, 0.15) is 11.5 Å². The number of carbonyl (C=O) groups is 2. The smallest absolute Gasteiger partial charge is 0.300 e. The number of ketones is 1. The van der Waals surface area contributed by atoms with Crippen LogP contribution in [0.5, 0.6) is 5.75 Å². The maximum absolute atomic E-state index is 13.2. The normalized spacial score (nSPS) is 17.7. The van der Waals surface area contributed by atoms with Gasteiger partial charge >= 0.3 is 0 Å². The van der Waals surface area contributed by atoms with Gasteiger partial charge in [0.2, 0.25) is 10.0 Å². The Kier molecular flexibility index (Phi) is 5.99. The van der Waals surface area contributed by atoms with Crippen LogP contribution in [-0.4, -0.2) is 32.3 Å². The molecule has 4 rings (SSSR count). The van der Waals surface area contributed by atoms with E-state index < -0.39 is 27.8 Å². The van der Waals surface area contributed by atoms with Gasteiger partial charge in [-0.2, -0.15) is 0 Å². The van der Waals surface area contributed by atoms with Crippen LogP contribution in [-0.2, 0) is 19.6 Å². The molecule has 8 nitrogen and oxygen atoms in total. The van der Waals surface area contributed by atoms with E-state index in [1.54, 1.807) is 48.5 Å². The first kappa shape index (κ1) is 23.2. The molecule has 3 aromatic rings. The number of benzene rings is 3. The number of hydrogen-bond acceptors (Lipinski definition) is 6. The lowest BCUT2D eigenvalue weighted by Gasteiger charge is -2.25. The second kappa shape index (κ2) is 8.77. The van der Waals surface area contributed by atoms with Crippen molar-refractivity contribution in [3.05, 3.63) is 95.1 Å². The molecule has 1 aliphatic rings. The predicted molar refractivity (Wildman–Crippen MR) is 127 cm³/mol. The Bertz CT molecular complexity index is 1390. The van der Waals surface area contributed by atoms with Gasteiger partial charge in [0.25, 0.3) is 11.7 Å². The van der Waals surface area contributed by atoms with Gasteiger partial charge in [-0.1, -0.05) is 42.0 Å². The van der Waals surface area contributed by atoms with E-state index in [0.717, 1.165) is 5.56 Å². The van der Waals surface area contributed by atoms with Crippen LogP contribution in [0.25, 0.3) is 5.76 Å². The highest BCUT2D eigenvalue weighted by Gasteiger charge is 2.47. The number of methoxy groups -OCH3 is 1. The van der Waals surface area contributed by atoms with Crippen molar-refractivity contribution in [1.82, 2.24) is 0 Å². The van der Waals surface area contributed by atoms with E-state index in [-0.39, 0.29) is 21.9 Å². The number of nitrogens with two attached hydrogens (primary N) is 1. The van der Waals surface area contributed by atoms with Crippen LogP contribution >= 0.6 is 0 Å². The molecule has 1 aliphatic heterocycles. The van der Waals surface area contributed by atoms with Gasteiger partial charge in [0.15, 0.2) is 0 Å². The third kappa shape index (κ3) is 4.18. The lowest BCUT2D eigenvalue weighted by Crippen LogP contribution is -2.29. The number of sulfonamides is 1. The van der Waals surface area contributed by atoms with Crippen molar-refractivity contribution in [1.29, 1.82) is 0 Å². The average Bonchev–Trinajstić information content (AvgIpc) is 3.09. The summed E-state index contributed by atoms with van der Waals surface area (Å²) in [6, 6.07) is 18.1. The highest BCUT2D eigenvalue weighted by atomic mass is 32.2. The number of nitrogens with zero attached hydrogens (tertiary/aromatic N) is 1. The molecule has 1 fully saturated rings. The zero-order chi connectivity index (χ0) is 24.6. The Balaban J connectivity index is 1.91. The summed E-state index contributed by atoms with van der Waals surface area (Å²) in [5, 5.41) is 16.3. The van der Waals surface area contributed by atoms with E-state index in [9.17, 15) is 23.1 Å². The highest BCUT2D eigenvalue weighted by molar-refractivity contribution is 7.89. The summed E-state index contributed by atoms with van der Waals surface area (Å²) < 4.78 is 28.5. The number of amides is 1. The molecule has 174 valence electrons. The number of aryl methyl sites for hydroxylation is 1. The minimum Gasteiger partial charge on any atom is -0.507 e. The molecule has 0 radical (unpaired) electrons. The summed E-state index contributed by atoms with van der Waals surface area (Å²) in [4.78, 5) is 27.4. The van der Waals surface area contributed by atoms with Gasteiger partial charge in [0.05, 0.1) is 23.6 Å². The third-order valence-electron chi connectivity index (χ3n) is 5.64. The fraction of sp³-hybridized carbons (Fsp3) is 0.120. The number of Topliss-reactive ketones (excluding diaryl/α,β-unsaturated/α-hetero) is 1. The lowest BCUT2D eigenvalue weighted by molar-refractivity contribution is -0.132. The van der Waals surface area contributed by atoms with Gasteiger partial charge in [-0.3, -0.25) is 14.5 Å². The van der Waals surface area contributed by atoms with Crippen LogP contribution in [0.2, 0.25) is 0 Å². The van der Waals surface area contributed by atoms with E-state index in [1.165, 1.54) is 36.3 Å². The van der Waals surface area contributed by atoms with Gasteiger partial charge in [-0.25, -0.2) is 13.6 Å². The molecule has 1 heterocycles. The molecule has 3 aromatic carbocycles. The molecule has 0 aromatic heterocycles. The summed E-state index contributed by atoms with van der Waals surface area (Å²) in [5.41, 5.74) is 2.13. The molecule has 1 saturated heterocycles. The molecular weight excluding hydrogens is 456 g/mol. The second-order valence-corrected chi connectivity index (χ2v) is 9.41. The average molecular weight is 479 g/mol. The zero-order valence-corrected chi connectivity index (χ0v) is 19.2. The van der Waals surface area contributed by atoms with Crippen LogP contribution in [0.3, 0.4) is 0 Å². The van der Waals surface area contributed by atoms with E-state index in [2.05, 4.69) is 0 Å². The standard InChI is InChI=1S/C25H22N2O6S/c1-15-3-5-17(6-4-15)23(28)21-22(16-7-11-19(33-2)12-8-16)27(25(30)24(21)29)18-9-13-20(14-10-18)34(26,31)32/h3-14,22,28H,1-2H3,(H2,26,31,32)/b23-21+. The third-order valence-corrected chi connectivity index (χ3v) is 6.57. The van der Waals surface area contributed by atoms with Crippen LogP contribution in [0.1, 0.15) is 22.7 Å². The first-order chi connectivity index (χ1) is 16.1. The zero-order valence-electron chi connectivity index (χ0n) is 18.4. The molecule has 34 heavy (non-hydrogen) atoms. The van der Waals surface area contributed by atoms with Gasteiger partial charge in [0, 0.05) is 11.3 Å². The van der Waals surface area contributed by atoms with E-state index in [4.69, 9.17) is 9.88 Å². The van der Waals surface area contributed by atoms with Crippen LogP contribution in [0, 0.1) is 6.92 Å². The molecule has 0 aliphatic carbocycles. The number of anilines is 1. The van der Waals surface area contributed by atoms with E-state index in [1.807, 2.05) is 6.92 Å². The first-order valence-electron chi connectivity index (χ1n) is 10.3. The van der Waals surface area contributed by atoms with Crippen molar-refractivity contribution < 1.29 is 27.9 Å². The van der Waals surface area contributed by atoms with Crippen LogP contribution in [0.4, 0.5) is 5.69 Å². The first-order valence-corrected chi connectivity index (χ1v) is 11.8. The van der Waals surface area contributed by atoms with Crippen molar-refractivity contribution in [2.45, 2.75) is 17.9 Å². The Morgan fingerprint density at radius 2 is 1.53 bits per heavy atom. The summed E-state index contributed by atoms with van der Waals surface area (Å²) in [6.45, 7) is 1.89. The monoisotopic (exact) mass is 478 g/mol. The number of aliphatic hydroxyl groups excluding tert-OH is 1. The number of primary sulfonamides is 1. The van der Waals surface area contributed by atoms with Gasteiger partial charge < -0.3 is 9.84 Å². The maximum Gasteiger partial charge on any atom is 0.300 e. The molecule has 1 amide bonds. The van der Waals surface area contributed by atoms with Crippen molar-refractivity contribution in [3.63, 3.8) is 0 Å². The number of aliphatic hydroxyl groups is 1. The molecule has 0 bridgehead atoms. The summed E-state index contributed by atoms with van der Waals surface area (Å²) >= 11 is 0. The fourth-order valence-electron chi connectivity index (χ4n) is 3.86. The minimum atomic E-state index is -3.94.